The summed E-state index contributed by atoms with van der Waals surface area (Å²) in [5.74, 6) is 0.00684. The maximum Gasteiger partial charge on any atom is 0.259 e. The van der Waals surface area contributed by atoms with Gasteiger partial charge in [0.1, 0.15) is 5.75 Å². The van der Waals surface area contributed by atoms with Crippen LogP contribution in [-0.4, -0.2) is 34.7 Å². The van der Waals surface area contributed by atoms with Gasteiger partial charge in [-0.2, -0.15) is 0 Å². The molecule has 0 heterocycles. The van der Waals surface area contributed by atoms with Crippen LogP contribution in [-0.2, 0) is 10.0 Å². The minimum atomic E-state index is -3.43. The molecular formula is C18H22N2O4S. The highest BCUT2D eigenvalue weighted by Crippen LogP contribution is 2.28. The molecule has 2 rings (SSSR count). The Bertz CT molecular complexity index is 887. The van der Waals surface area contributed by atoms with Crippen molar-refractivity contribution < 1.29 is 17.9 Å². The number of rotatable bonds is 5. The molecule has 0 aliphatic rings. The Morgan fingerprint density at radius 1 is 1.12 bits per heavy atom. The zero-order chi connectivity index (χ0) is 18.8. The summed E-state index contributed by atoms with van der Waals surface area (Å²) in [6.07, 6.45) is 1.10. The Morgan fingerprint density at radius 3 is 2.24 bits per heavy atom. The number of carbonyl (C=O) groups is 1. The normalized spacial score (nSPS) is 11.1. The Morgan fingerprint density at radius 2 is 1.72 bits per heavy atom. The Hall–Kier alpha value is -2.54. The van der Waals surface area contributed by atoms with Crippen LogP contribution in [0.5, 0.6) is 5.75 Å². The highest BCUT2D eigenvalue weighted by molar-refractivity contribution is 7.92. The number of benzene rings is 2. The fraction of sp³-hybridized carbons (Fsp3) is 0.278. The molecule has 0 aliphatic heterocycles. The van der Waals surface area contributed by atoms with Gasteiger partial charge in [0.2, 0.25) is 10.0 Å². The van der Waals surface area contributed by atoms with E-state index in [1.54, 1.807) is 12.1 Å². The maximum atomic E-state index is 12.8. The first-order valence-electron chi connectivity index (χ1n) is 7.64. The summed E-state index contributed by atoms with van der Waals surface area (Å²) in [4.78, 5) is 12.8. The fourth-order valence-corrected chi connectivity index (χ4v) is 2.95. The molecule has 7 heteroatoms. The zero-order valence-corrected chi connectivity index (χ0v) is 15.8. The number of carbonyl (C=O) groups excluding carboxylic acids is 1. The monoisotopic (exact) mass is 362 g/mol. The van der Waals surface area contributed by atoms with Crippen LogP contribution in [0.4, 0.5) is 11.4 Å². The predicted molar refractivity (Wildman–Crippen MR) is 100 cm³/mol. The van der Waals surface area contributed by atoms with Crippen LogP contribution in [0.2, 0.25) is 0 Å². The number of ether oxygens (including phenoxy) is 1. The molecule has 0 bridgehead atoms. The lowest BCUT2D eigenvalue weighted by Gasteiger charge is -2.19. The fourth-order valence-electron chi connectivity index (χ4n) is 2.45. The third kappa shape index (κ3) is 4.11. The molecule has 134 valence electrons. The Kier molecular flexibility index (Phi) is 5.37. The van der Waals surface area contributed by atoms with Gasteiger partial charge in [0.05, 0.1) is 24.6 Å². The van der Waals surface area contributed by atoms with Gasteiger partial charge in [-0.05, 0) is 43.2 Å². The van der Waals surface area contributed by atoms with Gasteiger partial charge < -0.3 is 10.1 Å². The van der Waals surface area contributed by atoms with Crippen molar-refractivity contribution in [2.24, 2.45) is 0 Å². The van der Waals surface area contributed by atoms with Crippen molar-refractivity contribution in [2.75, 3.05) is 30.0 Å². The topological polar surface area (TPSA) is 75.7 Å². The average molecular weight is 362 g/mol. The van der Waals surface area contributed by atoms with E-state index in [0.717, 1.165) is 27.4 Å². The standard InChI is InChI=1S/C18H22N2O4S/c1-12-7-6-8-13(2)17(12)19-18(21)15-11-14(9-10-16(15)24-4)20(3)25(5,22)23/h6-11H,1-5H3,(H,19,21). The van der Waals surface area contributed by atoms with E-state index >= 15 is 0 Å². The molecular weight excluding hydrogens is 340 g/mol. The third-order valence-electron chi connectivity index (χ3n) is 4.01. The van der Waals surface area contributed by atoms with Crippen LogP contribution in [0.3, 0.4) is 0 Å². The molecule has 1 amide bonds. The van der Waals surface area contributed by atoms with Gasteiger partial charge in [0.15, 0.2) is 0 Å². The van der Waals surface area contributed by atoms with E-state index in [1.165, 1.54) is 20.2 Å². The van der Waals surface area contributed by atoms with E-state index < -0.39 is 10.0 Å². The summed E-state index contributed by atoms with van der Waals surface area (Å²) in [6, 6.07) is 10.4. The van der Waals surface area contributed by atoms with Gasteiger partial charge in [0.25, 0.3) is 5.91 Å². The summed E-state index contributed by atoms with van der Waals surface area (Å²) in [7, 11) is -0.531. The first-order valence-corrected chi connectivity index (χ1v) is 9.49. The van der Waals surface area contributed by atoms with Gasteiger partial charge in [-0.25, -0.2) is 8.42 Å². The van der Waals surface area contributed by atoms with Gasteiger partial charge >= 0.3 is 0 Å². The molecule has 0 unspecified atom stereocenters. The van der Waals surface area contributed by atoms with E-state index in [4.69, 9.17) is 4.74 Å². The molecule has 0 fully saturated rings. The van der Waals surface area contributed by atoms with Crippen LogP contribution in [0.15, 0.2) is 36.4 Å². The first-order chi connectivity index (χ1) is 11.6. The molecule has 0 aliphatic carbocycles. The van der Waals surface area contributed by atoms with Crippen LogP contribution in [0, 0.1) is 13.8 Å². The van der Waals surface area contributed by atoms with Crippen LogP contribution in [0.25, 0.3) is 0 Å². The van der Waals surface area contributed by atoms with E-state index in [1.807, 2.05) is 32.0 Å². The van der Waals surface area contributed by atoms with Crippen molar-refractivity contribution in [1.29, 1.82) is 0 Å². The molecule has 1 N–H and O–H groups in total. The van der Waals surface area contributed by atoms with E-state index in [2.05, 4.69) is 5.32 Å². The maximum absolute atomic E-state index is 12.8. The van der Waals surface area contributed by atoms with Crippen molar-refractivity contribution in [3.63, 3.8) is 0 Å². The number of sulfonamides is 1. The Balaban J connectivity index is 2.44. The highest BCUT2D eigenvalue weighted by Gasteiger charge is 2.19. The zero-order valence-electron chi connectivity index (χ0n) is 15.0. The molecule has 0 spiro atoms. The van der Waals surface area contributed by atoms with Crippen molar-refractivity contribution in [3.8, 4) is 5.75 Å². The lowest BCUT2D eigenvalue weighted by Crippen LogP contribution is -2.25. The smallest absolute Gasteiger partial charge is 0.259 e. The first kappa shape index (κ1) is 18.8. The molecule has 25 heavy (non-hydrogen) atoms. The SMILES string of the molecule is COc1ccc(N(C)S(C)(=O)=O)cc1C(=O)Nc1c(C)cccc1C. The molecule has 0 aromatic heterocycles. The molecule has 0 radical (unpaired) electrons. The second-order valence-electron chi connectivity index (χ2n) is 5.84. The van der Waals surface area contributed by atoms with Gasteiger partial charge in [-0.15, -0.1) is 0 Å². The Labute approximate surface area is 148 Å². The summed E-state index contributed by atoms with van der Waals surface area (Å²) >= 11 is 0. The quantitative estimate of drug-likeness (QED) is 0.887. The highest BCUT2D eigenvalue weighted by atomic mass is 32.2. The number of nitrogens with zero attached hydrogens (tertiary/aromatic N) is 1. The van der Waals surface area contributed by atoms with Gasteiger partial charge in [0, 0.05) is 12.7 Å². The lowest BCUT2D eigenvalue weighted by atomic mass is 10.1. The molecule has 2 aromatic carbocycles. The number of methoxy groups -OCH3 is 1. The average Bonchev–Trinajstić information content (AvgIpc) is 2.56. The lowest BCUT2D eigenvalue weighted by molar-refractivity contribution is 0.102. The number of nitrogens with one attached hydrogen (secondary N) is 1. The van der Waals surface area contributed by atoms with Crippen molar-refractivity contribution >= 4 is 27.3 Å². The van der Waals surface area contributed by atoms with Crippen LogP contribution in [0.1, 0.15) is 21.5 Å². The van der Waals surface area contributed by atoms with Crippen LogP contribution < -0.4 is 14.4 Å². The van der Waals surface area contributed by atoms with Crippen LogP contribution >= 0.6 is 0 Å². The van der Waals surface area contributed by atoms with E-state index in [9.17, 15) is 13.2 Å². The number of hydrogen-bond donors (Lipinski definition) is 1. The molecule has 0 atom stereocenters. The van der Waals surface area contributed by atoms with Gasteiger partial charge in [-0.3, -0.25) is 9.10 Å². The summed E-state index contributed by atoms with van der Waals surface area (Å²) < 4.78 is 29.9. The molecule has 0 saturated heterocycles. The summed E-state index contributed by atoms with van der Waals surface area (Å²) in [5.41, 5.74) is 3.26. The second kappa shape index (κ2) is 7.14. The molecule has 6 nitrogen and oxygen atoms in total. The largest absolute Gasteiger partial charge is 0.496 e. The minimum Gasteiger partial charge on any atom is -0.496 e. The van der Waals surface area contributed by atoms with Gasteiger partial charge in [-0.1, -0.05) is 18.2 Å². The third-order valence-corrected chi connectivity index (χ3v) is 5.21. The predicted octanol–water partition coefficient (Wildman–Crippen LogP) is 2.96. The van der Waals surface area contributed by atoms with Crippen molar-refractivity contribution in [3.05, 3.63) is 53.1 Å². The number of anilines is 2. The minimum absolute atomic E-state index is 0.262. The number of hydrogen-bond acceptors (Lipinski definition) is 4. The molecule has 0 saturated carbocycles. The van der Waals surface area contributed by atoms with Crippen molar-refractivity contribution in [1.82, 2.24) is 0 Å². The van der Waals surface area contributed by atoms with E-state index in [-0.39, 0.29) is 11.5 Å². The molecule has 2 aromatic rings. The summed E-state index contributed by atoms with van der Waals surface area (Å²) in [5, 5.41) is 2.89. The number of aryl methyl sites for hydroxylation is 2. The number of para-hydroxylation sites is 1. The van der Waals surface area contributed by atoms with Crippen molar-refractivity contribution in [2.45, 2.75) is 13.8 Å². The second-order valence-corrected chi connectivity index (χ2v) is 7.85. The summed E-state index contributed by atoms with van der Waals surface area (Å²) in [6.45, 7) is 3.82. The number of amides is 1. The van der Waals surface area contributed by atoms with E-state index in [0.29, 0.717) is 11.4 Å².